The van der Waals surface area contributed by atoms with Gasteiger partial charge in [-0.05, 0) is 59.5 Å². The van der Waals surface area contributed by atoms with Crippen molar-refractivity contribution in [3.63, 3.8) is 0 Å². The number of hydrogen-bond donors (Lipinski definition) is 5. The van der Waals surface area contributed by atoms with Crippen LogP contribution in [-0.2, 0) is 34.5 Å². The molecule has 5 N–H and O–H groups in total. The maximum Gasteiger partial charge on any atom is 0.269 e. The summed E-state index contributed by atoms with van der Waals surface area (Å²) in [6.45, 7) is 2.36. The number of azide groups is 1. The Bertz CT molecular complexity index is 1990. The van der Waals surface area contributed by atoms with Crippen LogP contribution in [-0.4, -0.2) is 120 Å². The van der Waals surface area contributed by atoms with Crippen LogP contribution >= 0.6 is 0 Å². The molecular formula is C39H48N6O13. The van der Waals surface area contributed by atoms with Crippen LogP contribution < -0.4 is 19.5 Å². The highest BCUT2D eigenvalue weighted by Gasteiger charge is 2.43. The summed E-state index contributed by atoms with van der Waals surface area (Å²) in [7, 11) is 1.75. The zero-order chi connectivity index (χ0) is 41.4. The van der Waals surface area contributed by atoms with Crippen molar-refractivity contribution in [2.24, 2.45) is 18.1 Å². The predicted molar refractivity (Wildman–Crippen MR) is 208 cm³/mol. The molecule has 0 saturated heterocycles. The number of nitrogens with one attached hydrogen (secondary N) is 1. The van der Waals surface area contributed by atoms with Gasteiger partial charge in [0.25, 0.3) is 11.6 Å². The van der Waals surface area contributed by atoms with Crippen molar-refractivity contribution in [2.45, 2.75) is 44.1 Å². The Kier molecular flexibility index (Phi) is 16.4. The van der Waals surface area contributed by atoms with E-state index in [-0.39, 0.29) is 57.5 Å². The van der Waals surface area contributed by atoms with Crippen molar-refractivity contribution in [3.8, 4) is 17.2 Å². The molecule has 0 aliphatic heterocycles. The third-order valence-electron chi connectivity index (χ3n) is 9.54. The van der Waals surface area contributed by atoms with E-state index >= 15 is 0 Å². The second kappa shape index (κ2) is 21.9. The van der Waals surface area contributed by atoms with E-state index < -0.39 is 35.3 Å². The van der Waals surface area contributed by atoms with E-state index in [1.165, 1.54) is 24.3 Å². The van der Waals surface area contributed by atoms with Crippen molar-refractivity contribution in [1.82, 2.24) is 9.88 Å². The van der Waals surface area contributed by atoms with Gasteiger partial charge in [-0.1, -0.05) is 23.3 Å². The Morgan fingerprint density at radius 2 is 1.57 bits per heavy atom. The monoisotopic (exact) mass is 808 g/mol. The predicted octanol–water partition coefficient (Wildman–Crippen LogP) is 3.18. The lowest BCUT2D eigenvalue weighted by molar-refractivity contribution is -0.384. The zero-order valence-electron chi connectivity index (χ0n) is 31.9. The molecule has 1 aliphatic rings. The van der Waals surface area contributed by atoms with E-state index in [0.29, 0.717) is 66.9 Å². The van der Waals surface area contributed by atoms with E-state index in [1.54, 1.807) is 48.0 Å². The van der Waals surface area contributed by atoms with Gasteiger partial charge in [-0.15, -0.1) is 0 Å². The summed E-state index contributed by atoms with van der Waals surface area (Å²) in [6.07, 6.45) is -4.70. The van der Waals surface area contributed by atoms with Crippen molar-refractivity contribution in [2.75, 3.05) is 59.3 Å². The number of carbonyl (C=O) groups is 1. The molecule has 0 bridgehead atoms. The van der Waals surface area contributed by atoms with Crippen LogP contribution in [0, 0.1) is 16.0 Å². The van der Waals surface area contributed by atoms with Crippen LogP contribution in [0.3, 0.4) is 0 Å². The number of non-ortho nitro benzene ring substituents is 1. The molecule has 19 heteroatoms. The molecule has 0 unspecified atom stereocenters. The molecule has 0 spiro atoms. The first-order valence-electron chi connectivity index (χ1n) is 18.7. The minimum absolute atomic E-state index is 0.0579. The molecule has 1 amide bonds. The average molecular weight is 809 g/mol. The molecular weight excluding hydrogens is 760 g/mol. The zero-order valence-corrected chi connectivity index (χ0v) is 31.9. The molecule has 1 heterocycles. The van der Waals surface area contributed by atoms with E-state index in [1.807, 2.05) is 6.07 Å². The third-order valence-corrected chi connectivity index (χ3v) is 9.54. The van der Waals surface area contributed by atoms with Gasteiger partial charge in [0.1, 0.15) is 54.5 Å². The molecule has 5 rings (SSSR count). The molecule has 4 aromatic rings. The van der Waals surface area contributed by atoms with Crippen molar-refractivity contribution < 1.29 is 58.6 Å². The largest absolute Gasteiger partial charge is 0.489 e. The first kappa shape index (κ1) is 43.6. The van der Waals surface area contributed by atoms with Crippen LogP contribution in [0.5, 0.6) is 17.2 Å². The Morgan fingerprint density at radius 3 is 2.24 bits per heavy atom. The minimum atomic E-state index is -1.45. The average Bonchev–Trinajstić information content (AvgIpc) is 3.59. The van der Waals surface area contributed by atoms with E-state index in [0.717, 1.165) is 11.1 Å². The number of nitrogens with zero attached hydrogens (tertiary/aromatic N) is 5. The van der Waals surface area contributed by atoms with Gasteiger partial charge in [0.2, 0.25) is 0 Å². The highest BCUT2D eigenvalue weighted by atomic mass is 16.6. The number of aliphatic hydroxyl groups excluding tert-OH is 4. The summed E-state index contributed by atoms with van der Waals surface area (Å²) in [5, 5.41) is 58.4. The normalized spacial score (nSPS) is 19.0. The van der Waals surface area contributed by atoms with Gasteiger partial charge in [-0.3, -0.25) is 14.9 Å². The van der Waals surface area contributed by atoms with Crippen LogP contribution in [0.25, 0.3) is 21.3 Å². The van der Waals surface area contributed by atoms with Gasteiger partial charge < -0.3 is 58.7 Å². The summed E-state index contributed by atoms with van der Waals surface area (Å²) in [4.78, 5) is 26.7. The Morgan fingerprint density at radius 1 is 0.897 bits per heavy atom. The Balaban J connectivity index is 1.21. The standard InChI is InChI=1S/C39H48N6O13/c1-44-32(39(50)41-12-14-53-16-18-55-19-17-54-15-13-42-43-40)21-31-26(24-56-29-9-5-28(6-10-29)45(51)52)4-11-33(35(31)44)57-23-25-2-7-30(8-3-25)58-34-20-27(22-46)36(47)38(49)37(34)48/h2-11,21,27,34,36-38,46-49H,12-20,22-24H2,1H3,(H,41,50)/t27-,34-,36+,37+,38+/m1/s1. The van der Waals surface area contributed by atoms with Crippen molar-refractivity contribution in [1.29, 1.82) is 0 Å². The topological polar surface area (TPSA) is 262 Å². The number of amides is 1. The molecule has 1 fully saturated rings. The molecule has 0 radical (unpaired) electrons. The lowest BCUT2D eigenvalue weighted by atomic mass is 9.81. The minimum Gasteiger partial charge on any atom is -0.489 e. The number of rotatable bonds is 23. The van der Waals surface area contributed by atoms with Gasteiger partial charge >= 0.3 is 0 Å². The summed E-state index contributed by atoms with van der Waals surface area (Å²) >= 11 is 0. The molecule has 1 aromatic heterocycles. The number of aliphatic hydroxyl groups is 4. The number of benzene rings is 3. The second-order valence-electron chi connectivity index (χ2n) is 13.4. The molecule has 19 nitrogen and oxygen atoms in total. The number of carbonyl (C=O) groups excluding carboxylic acids is 1. The van der Waals surface area contributed by atoms with Crippen molar-refractivity contribution in [3.05, 3.63) is 104 Å². The second-order valence-corrected chi connectivity index (χ2v) is 13.4. The van der Waals surface area contributed by atoms with Crippen LogP contribution in [0.15, 0.2) is 71.8 Å². The number of fused-ring (bicyclic) bond motifs is 1. The highest BCUT2D eigenvalue weighted by Crippen LogP contribution is 2.34. The number of aromatic nitrogens is 1. The summed E-state index contributed by atoms with van der Waals surface area (Å²) in [5.41, 5.74) is 10.7. The fourth-order valence-electron chi connectivity index (χ4n) is 6.37. The number of hydrogen-bond acceptors (Lipinski definition) is 14. The number of nitro benzene ring substituents is 1. The van der Waals surface area contributed by atoms with Gasteiger partial charge in [0, 0.05) is 55.1 Å². The van der Waals surface area contributed by atoms with Crippen LogP contribution in [0.4, 0.5) is 5.69 Å². The van der Waals surface area contributed by atoms with Gasteiger partial charge in [-0.25, -0.2) is 0 Å². The van der Waals surface area contributed by atoms with E-state index in [4.69, 9.17) is 34.0 Å². The first-order chi connectivity index (χ1) is 28.1. The highest BCUT2D eigenvalue weighted by molar-refractivity contribution is 6.01. The quantitative estimate of drug-likeness (QED) is 0.0180. The SMILES string of the molecule is Cn1c(C(=O)NCCOCCOCCOCCN=[N+]=[N-])cc2c(COc3ccc([N+](=O)[O-])cc3)ccc(OCc3ccc(O[C@@H]4C[C@H](CO)[C@H](O)[C@H](O)[C@H]4O)cc3)c21. The molecule has 5 atom stereocenters. The Labute approximate surface area is 333 Å². The molecule has 3 aromatic carbocycles. The summed E-state index contributed by atoms with van der Waals surface area (Å²) in [6, 6.07) is 18.1. The molecule has 1 saturated carbocycles. The van der Waals surface area contributed by atoms with E-state index in [2.05, 4.69) is 15.3 Å². The van der Waals surface area contributed by atoms with Crippen molar-refractivity contribution >= 4 is 22.5 Å². The maximum atomic E-state index is 13.4. The maximum absolute atomic E-state index is 13.4. The smallest absolute Gasteiger partial charge is 0.269 e. The summed E-state index contributed by atoms with van der Waals surface area (Å²) in [5.74, 6) is 0.375. The molecule has 312 valence electrons. The first-order valence-corrected chi connectivity index (χ1v) is 18.7. The molecule has 58 heavy (non-hydrogen) atoms. The lowest BCUT2D eigenvalue weighted by Crippen LogP contribution is -2.56. The number of nitro groups is 1. The number of ether oxygens (including phenoxy) is 6. The number of aryl methyl sites for hydroxylation is 1. The van der Waals surface area contributed by atoms with Crippen LogP contribution in [0.1, 0.15) is 28.0 Å². The fourth-order valence-corrected chi connectivity index (χ4v) is 6.37. The lowest BCUT2D eigenvalue weighted by Gasteiger charge is -2.39. The van der Waals surface area contributed by atoms with Gasteiger partial charge in [0.05, 0.1) is 56.2 Å². The fraction of sp³-hybridized carbons (Fsp3) is 0.462. The Hall–Kier alpha value is -5.50. The van der Waals surface area contributed by atoms with Gasteiger partial charge in [0.15, 0.2) is 0 Å². The van der Waals surface area contributed by atoms with Gasteiger partial charge in [-0.2, -0.15) is 0 Å². The summed E-state index contributed by atoms with van der Waals surface area (Å²) < 4.78 is 36.2. The van der Waals surface area contributed by atoms with E-state index in [9.17, 15) is 35.3 Å². The van der Waals surface area contributed by atoms with Crippen LogP contribution in [0.2, 0.25) is 0 Å². The molecule has 1 aliphatic carbocycles. The third kappa shape index (κ3) is 11.8.